The van der Waals surface area contributed by atoms with Crippen LogP contribution in [0.5, 0.6) is 11.5 Å². The Labute approximate surface area is 145 Å². The number of amides is 1. The van der Waals surface area contributed by atoms with Gasteiger partial charge in [-0.2, -0.15) is 0 Å². The zero-order valence-electron chi connectivity index (χ0n) is 14.2. The Morgan fingerprint density at radius 1 is 1.12 bits per heavy atom. The summed E-state index contributed by atoms with van der Waals surface area (Å²) in [5.41, 5.74) is 1.68. The molecule has 0 bridgehead atoms. The Morgan fingerprint density at radius 2 is 1.88 bits per heavy atom. The summed E-state index contributed by atoms with van der Waals surface area (Å²) in [5.74, 6) is 0.435. The summed E-state index contributed by atoms with van der Waals surface area (Å²) in [6, 6.07) is 12.2. The van der Waals surface area contributed by atoms with Gasteiger partial charge in [-0.25, -0.2) is 0 Å². The van der Waals surface area contributed by atoms with Crippen LogP contribution < -0.4 is 14.8 Å². The summed E-state index contributed by atoms with van der Waals surface area (Å²) < 4.78 is 10.8. The number of nitrogens with one attached hydrogen (secondary N) is 1. The highest BCUT2D eigenvalue weighted by Gasteiger charge is 2.16. The van der Waals surface area contributed by atoms with Crippen LogP contribution in [-0.2, 0) is 4.79 Å². The third kappa shape index (κ3) is 5.80. The molecule has 0 aliphatic carbocycles. The Kier molecular flexibility index (Phi) is 6.33. The lowest BCUT2D eigenvalue weighted by molar-refractivity contribution is -0.385. The maximum atomic E-state index is 11.8. The van der Waals surface area contributed by atoms with Crippen LogP contribution in [0.4, 0.5) is 5.69 Å². The molecule has 0 aliphatic rings. The first-order valence-corrected chi connectivity index (χ1v) is 7.79. The number of rotatable bonds is 8. The minimum atomic E-state index is -0.532. The van der Waals surface area contributed by atoms with Crippen molar-refractivity contribution in [2.24, 2.45) is 0 Å². The highest BCUT2D eigenvalue weighted by Crippen LogP contribution is 2.27. The molecule has 0 saturated carbocycles. The lowest BCUT2D eigenvalue weighted by Gasteiger charge is -2.09. The molecule has 0 radical (unpaired) electrons. The molecule has 0 aliphatic heterocycles. The molecule has 0 atom stereocenters. The first-order valence-electron chi connectivity index (χ1n) is 7.79. The molecule has 0 fully saturated rings. The third-order valence-electron chi connectivity index (χ3n) is 3.35. The number of carbonyl (C=O) groups excluding carboxylic acids is 1. The van der Waals surface area contributed by atoms with Gasteiger partial charge in [0.25, 0.3) is 5.91 Å². The second-order valence-corrected chi connectivity index (χ2v) is 5.53. The van der Waals surface area contributed by atoms with Crippen molar-refractivity contribution in [1.29, 1.82) is 0 Å². The predicted molar refractivity (Wildman–Crippen MR) is 93.0 cm³/mol. The van der Waals surface area contributed by atoms with Crippen molar-refractivity contribution in [3.63, 3.8) is 0 Å². The van der Waals surface area contributed by atoms with Gasteiger partial charge < -0.3 is 14.8 Å². The van der Waals surface area contributed by atoms with Crippen LogP contribution in [0.3, 0.4) is 0 Å². The normalized spacial score (nSPS) is 10.2. The maximum absolute atomic E-state index is 11.8. The molecule has 132 valence electrons. The van der Waals surface area contributed by atoms with Crippen molar-refractivity contribution in [2.45, 2.75) is 13.8 Å². The first-order chi connectivity index (χ1) is 12.0. The van der Waals surface area contributed by atoms with E-state index in [1.54, 1.807) is 13.0 Å². The van der Waals surface area contributed by atoms with Gasteiger partial charge in [-0.3, -0.25) is 14.9 Å². The predicted octanol–water partition coefficient (Wildman–Crippen LogP) is 2.79. The molecule has 0 heterocycles. The smallest absolute Gasteiger partial charge is 0.311 e. The third-order valence-corrected chi connectivity index (χ3v) is 3.35. The zero-order valence-corrected chi connectivity index (χ0v) is 14.2. The summed E-state index contributed by atoms with van der Waals surface area (Å²) in [7, 11) is 0. The first kappa shape index (κ1) is 18.3. The van der Waals surface area contributed by atoms with Gasteiger partial charge in [-0.15, -0.1) is 0 Å². The lowest BCUT2D eigenvalue weighted by atomic mass is 10.2. The van der Waals surface area contributed by atoms with Crippen molar-refractivity contribution >= 4 is 11.6 Å². The molecule has 7 heteroatoms. The average Bonchev–Trinajstić information content (AvgIpc) is 2.57. The van der Waals surface area contributed by atoms with Gasteiger partial charge >= 0.3 is 5.69 Å². The number of nitro benzene ring substituents is 1. The van der Waals surface area contributed by atoms with Gasteiger partial charge in [0.15, 0.2) is 12.4 Å². The number of nitrogens with zero attached hydrogens (tertiary/aromatic N) is 1. The van der Waals surface area contributed by atoms with E-state index in [0.29, 0.717) is 13.2 Å². The van der Waals surface area contributed by atoms with E-state index in [9.17, 15) is 14.9 Å². The molecule has 0 spiro atoms. The maximum Gasteiger partial charge on any atom is 0.311 e. The molecule has 2 aromatic carbocycles. The minimum Gasteiger partial charge on any atom is -0.492 e. The molecule has 0 saturated heterocycles. The SMILES string of the molecule is Cc1cccc(OCCNC(=O)COc2ccc(C)cc2[N+](=O)[O-])c1. The van der Waals surface area contributed by atoms with E-state index in [4.69, 9.17) is 9.47 Å². The van der Waals surface area contributed by atoms with Gasteiger partial charge in [0, 0.05) is 6.07 Å². The second-order valence-electron chi connectivity index (χ2n) is 5.53. The monoisotopic (exact) mass is 344 g/mol. The van der Waals surface area contributed by atoms with Crippen LogP contribution in [-0.4, -0.2) is 30.6 Å². The molecule has 0 unspecified atom stereocenters. The zero-order chi connectivity index (χ0) is 18.2. The van der Waals surface area contributed by atoms with Gasteiger partial charge in [-0.05, 0) is 43.2 Å². The summed E-state index contributed by atoms with van der Waals surface area (Å²) in [5, 5.41) is 13.6. The fourth-order valence-electron chi connectivity index (χ4n) is 2.15. The van der Waals surface area contributed by atoms with E-state index >= 15 is 0 Å². The number of hydrogen-bond acceptors (Lipinski definition) is 5. The molecular formula is C18H20N2O5. The van der Waals surface area contributed by atoms with Crippen LogP contribution in [0.1, 0.15) is 11.1 Å². The Hall–Kier alpha value is -3.09. The quantitative estimate of drug-likeness (QED) is 0.452. The summed E-state index contributed by atoms with van der Waals surface area (Å²) in [4.78, 5) is 22.2. The largest absolute Gasteiger partial charge is 0.492 e. The summed E-state index contributed by atoms with van der Waals surface area (Å²) in [6.07, 6.45) is 0. The van der Waals surface area contributed by atoms with E-state index in [2.05, 4.69) is 5.32 Å². The Bertz CT molecular complexity index is 761. The van der Waals surface area contributed by atoms with Gasteiger partial charge in [0.2, 0.25) is 0 Å². The van der Waals surface area contributed by atoms with E-state index < -0.39 is 4.92 Å². The highest BCUT2D eigenvalue weighted by atomic mass is 16.6. The van der Waals surface area contributed by atoms with Crippen molar-refractivity contribution in [3.8, 4) is 11.5 Å². The Morgan fingerprint density at radius 3 is 2.60 bits per heavy atom. The second kappa shape index (κ2) is 8.68. The number of hydrogen-bond donors (Lipinski definition) is 1. The molecule has 0 aromatic heterocycles. The van der Waals surface area contributed by atoms with Crippen molar-refractivity contribution in [2.75, 3.05) is 19.8 Å². The summed E-state index contributed by atoms with van der Waals surface area (Å²) >= 11 is 0. The van der Waals surface area contributed by atoms with Gasteiger partial charge in [0.1, 0.15) is 12.4 Å². The number of benzene rings is 2. The molecule has 2 rings (SSSR count). The number of nitro groups is 1. The van der Waals surface area contributed by atoms with Crippen LogP contribution in [0.25, 0.3) is 0 Å². The Balaban J connectivity index is 1.75. The average molecular weight is 344 g/mol. The van der Waals surface area contributed by atoms with Crippen molar-refractivity contribution < 1.29 is 19.2 Å². The highest BCUT2D eigenvalue weighted by molar-refractivity contribution is 5.77. The topological polar surface area (TPSA) is 90.7 Å². The van der Waals surface area contributed by atoms with Crippen molar-refractivity contribution in [1.82, 2.24) is 5.32 Å². The molecular weight excluding hydrogens is 324 g/mol. The van der Waals surface area contributed by atoms with E-state index in [1.165, 1.54) is 12.1 Å². The molecule has 1 N–H and O–H groups in total. The lowest BCUT2D eigenvalue weighted by Crippen LogP contribution is -2.32. The summed E-state index contributed by atoms with van der Waals surface area (Å²) in [6.45, 7) is 4.05. The standard InChI is InChI=1S/C18H20N2O5/c1-13-4-3-5-15(10-13)24-9-8-19-18(21)12-25-17-7-6-14(2)11-16(17)20(22)23/h3-7,10-11H,8-9,12H2,1-2H3,(H,19,21). The van der Waals surface area contributed by atoms with E-state index in [0.717, 1.165) is 16.9 Å². The number of aryl methyl sites for hydroxylation is 2. The van der Waals surface area contributed by atoms with E-state index in [-0.39, 0.29) is 24.0 Å². The number of ether oxygens (including phenoxy) is 2. The van der Waals surface area contributed by atoms with E-state index in [1.807, 2.05) is 31.2 Å². The van der Waals surface area contributed by atoms with Crippen LogP contribution in [0.2, 0.25) is 0 Å². The van der Waals surface area contributed by atoms with Gasteiger partial charge in [-0.1, -0.05) is 18.2 Å². The molecule has 7 nitrogen and oxygen atoms in total. The molecule has 1 amide bonds. The van der Waals surface area contributed by atoms with Crippen LogP contribution in [0, 0.1) is 24.0 Å². The fraction of sp³-hybridized carbons (Fsp3) is 0.278. The molecule has 25 heavy (non-hydrogen) atoms. The van der Waals surface area contributed by atoms with Crippen molar-refractivity contribution in [3.05, 3.63) is 63.7 Å². The number of carbonyl (C=O) groups is 1. The fourth-order valence-corrected chi connectivity index (χ4v) is 2.15. The minimum absolute atomic E-state index is 0.0711. The van der Waals surface area contributed by atoms with Gasteiger partial charge in [0.05, 0.1) is 11.5 Å². The molecule has 2 aromatic rings. The van der Waals surface area contributed by atoms with Crippen LogP contribution >= 0.6 is 0 Å². The van der Waals surface area contributed by atoms with Crippen LogP contribution in [0.15, 0.2) is 42.5 Å².